The molecule has 174 valence electrons. The Morgan fingerprint density at radius 1 is 1.00 bits per heavy atom. The largest absolute Gasteiger partial charge is 0.328 e. The fraction of sp³-hybridized carbons (Fsp3) is 0.458. The zero-order valence-corrected chi connectivity index (χ0v) is 22.5. The maximum absolute atomic E-state index is 12.6. The number of nitrogens with zero attached hydrogens (tertiary/aromatic N) is 3. The lowest BCUT2D eigenvalue weighted by Gasteiger charge is -2.22. The SMILES string of the molecule is CC(C)(C)CCn1c(CC(C)(C)C)nc2cc(Br)ccc21.O=[N+]([O-])c1cc(Br)ccc1F. The van der Waals surface area contributed by atoms with Crippen molar-refractivity contribution in [2.24, 2.45) is 10.8 Å². The first-order valence-corrected chi connectivity index (χ1v) is 12.0. The summed E-state index contributed by atoms with van der Waals surface area (Å²) in [7, 11) is 0. The standard InChI is InChI=1S/C18H27BrN2.C6H3BrFNO2/c1-17(2,3)9-10-21-15-8-7-13(19)11-14(15)20-16(21)12-18(4,5)6;7-4-1-2-5(8)6(3-4)9(10)11/h7-8,11H,9-10,12H2,1-6H3;1-3H. The first kappa shape index (κ1) is 26.5. The average Bonchev–Trinajstić information content (AvgIpc) is 2.95. The molecule has 0 N–H and O–H groups in total. The molecule has 0 bridgehead atoms. The number of hydrogen-bond donors (Lipinski definition) is 0. The average molecular weight is 571 g/mol. The molecule has 0 atom stereocenters. The zero-order chi connectivity index (χ0) is 24.3. The van der Waals surface area contributed by atoms with Crippen LogP contribution in [0.4, 0.5) is 10.1 Å². The van der Waals surface area contributed by atoms with Crippen LogP contribution in [0.3, 0.4) is 0 Å². The molecule has 0 saturated carbocycles. The summed E-state index contributed by atoms with van der Waals surface area (Å²) in [6.07, 6.45) is 2.16. The van der Waals surface area contributed by atoms with E-state index in [1.54, 1.807) is 0 Å². The summed E-state index contributed by atoms with van der Waals surface area (Å²) in [4.78, 5) is 14.2. The quantitative estimate of drug-likeness (QED) is 0.234. The van der Waals surface area contributed by atoms with Gasteiger partial charge in [-0.3, -0.25) is 10.1 Å². The van der Waals surface area contributed by atoms with Gasteiger partial charge in [0.25, 0.3) is 0 Å². The van der Waals surface area contributed by atoms with Gasteiger partial charge >= 0.3 is 5.69 Å². The molecule has 0 saturated heterocycles. The number of aryl methyl sites for hydroxylation is 1. The van der Waals surface area contributed by atoms with Crippen LogP contribution in [0.1, 0.15) is 53.8 Å². The van der Waals surface area contributed by atoms with Crippen LogP contribution in [0.5, 0.6) is 0 Å². The van der Waals surface area contributed by atoms with E-state index in [-0.39, 0.29) is 5.41 Å². The summed E-state index contributed by atoms with van der Waals surface area (Å²) < 4.78 is 16.6. The van der Waals surface area contributed by atoms with Crippen molar-refractivity contribution >= 4 is 48.6 Å². The van der Waals surface area contributed by atoms with Crippen LogP contribution in [0.2, 0.25) is 0 Å². The summed E-state index contributed by atoms with van der Waals surface area (Å²) >= 11 is 6.54. The normalized spacial score (nSPS) is 11.9. The summed E-state index contributed by atoms with van der Waals surface area (Å²) in [5, 5.41) is 10.1. The molecule has 0 aliphatic rings. The van der Waals surface area contributed by atoms with E-state index >= 15 is 0 Å². The van der Waals surface area contributed by atoms with Crippen LogP contribution in [0.15, 0.2) is 45.3 Å². The summed E-state index contributed by atoms with van der Waals surface area (Å²) in [5.74, 6) is 0.387. The number of nitro benzene ring substituents is 1. The third-order valence-corrected chi connectivity index (χ3v) is 5.65. The van der Waals surface area contributed by atoms with E-state index in [1.807, 2.05) is 0 Å². The van der Waals surface area contributed by atoms with Crippen molar-refractivity contribution in [2.45, 2.75) is 60.9 Å². The number of benzene rings is 2. The Morgan fingerprint density at radius 2 is 1.59 bits per heavy atom. The molecule has 1 heterocycles. The summed E-state index contributed by atoms with van der Waals surface area (Å²) in [6, 6.07) is 9.98. The lowest BCUT2D eigenvalue weighted by molar-refractivity contribution is -0.387. The van der Waals surface area contributed by atoms with Crippen molar-refractivity contribution in [3.63, 3.8) is 0 Å². The third-order valence-electron chi connectivity index (χ3n) is 4.67. The second-order valence-electron chi connectivity index (χ2n) is 10.2. The molecular weight excluding hydrogens is 541 g/mol. The molecule has 0 unspecified atom stereocenters. The van der Waals surface area contributed by atoms with Crippen molar-refractivity contribution in [1.29, 1.82) is 0 Å². The van der Waals surface area contributed by atoms with Gasteiger partial charge in [0.2, 0.25) is 5.82 Å². The Balaban J connectivity index is 0.000000278. The number of hydrogen-bond acceptors (Lipinski definition) is 3. The van der Waals surface area contributed by atoms with Crippen molar-refractivity contribution in [3.8, 4) is 0 Å². The van der Waals surface area contributed by atoms with E-state index in [0.29, 0.717) is 9.89 Å². The minimum atomic E-state index is -0.821. The molecule has 0 radical (unpaired) electrons. The van der Waals surface area contributed by atoms with E-state index in [0.717, 1.165) is 41.5 Å². The van der Waals surface area contributed by atoms with Crippen LogP contribution < -0.4 is 0 Å². The highest BCUT2D eigenvalue weighted by atomic mass is 79.9. The zero-order valence-electron chi connectivity index (χ0n) is 19.4. The highest BCUT2D eigenvalue weighted by molar-refractivity contribution is 9.10. The Hall–Kier alpha value is -1.80. The first-order valence-electron chi connectivity index (χ1n) is 10.4. The molecule has 8 heteroatoms. The van der Waals surface area contributed by atoms with Gasteiger partial charge in [-0.05, 0) is 47.6 Å². The minimum absolute atomic E-state index is 0.248. The highest BCUT2D eigenvalue weighted by Crippen LogP contribution is 2.28. The smallest absolute Gasteiger partial charge is 0.305 e. The Labute approximate surface area is 205 Å². The lowest BCUT2D eigenvalue weighted by Crippen LogP contribution is -2.17. The molecule has 0 amide bonds. The Bertz CT molecular complexity index is 1100. The number of halogens is 3. The Kier molecular flexibility index (Phi) is 8.62. The fourth-order valence-corrected chi connectivity index (χ4v) is 3.78. The van der Waals surface area contributed by atoms with Gasteiger partial charge in [-0.2, -0.15) is 4.39 Å². The van der Waals surface area contributed by atoms with Gasteiger partial charge in [-0.15, -0.1) is 0 Å². The van der Waals surface area contributed by atoms with Gasteiger partial charge in [-0.25, -0.2) is 4.98 Å². The van der Waals surface area contributed by atoms with Crippen molar-refractivity contribution < 1.29 is 9.31 Å². The maximum Gasteiger partial charge on any atom is 0.305 e. The second-order valence-corrected chi connectivity index (χ2v) is 12.0. The number of rotatable bonds is 4. The van der Waals surface area contributed by atoms with E-state index in [2.05, 4.69) is 96.2 Å². The molecule has 0 spiro atoms. The van der Waals surface area contributed by atoms with Gasteiger partial charge < -0.3 is 4.57 Å². The van der Waals surface area contributed by atoms with E-state index in [1.165, 1.54) is 17.4 Å². The van der Waals surface area contributed by atoms with Crippen LogP contribution in [0, 0.1) is 26.8 Å². The molecule has 0 aliphatic heterocycles. The second kappa shape index (κ2) is 10.4. The summed E-state index contributed by atoms with van der Waals surface area (Å²) in [6.45, 7) is 14.8. The summed E-state index contributed by atoms with van der Waals surface area (Å²) in [5.41, 5.74) is 2.42. The number of imidazole rings is 1. The molecular formula is C24H30Br2FN3O2. The van der Waals surface area contributed by atoms with Gasteiger partial charge in [0.15, 0.2) is 0 Å². The number of nitro groups is 1. The van der Waals surface area contributed by atoms with Gasteiger partial charge in [0, 0.05) is 28.0 Å². The molecule has 2 aromatic carbocycles. The predicted molar refractivity (Wildman–Crippen MR) is 135 cm³/mol. The minimum Gasteiger partial charge on any atom is -0.328 e. The third kappa shape index (κ3) is 7.96. The molecule has 32 heavy (non-hydrogen) atoms. The topological polar surface area (TPSA) is 61.0 Å². The van der Waals surface area contributed by atoms with E-state index in [4.69, 9.17) is 4.98 Å². The molecule has 0 fully saturated rings. The Morgan fingerprint density at radius 3 is 2.12 bits per heavy atom. The van der Waals surface area contributed by atoms with Crippen LogP contribution in [-0.2, 0) is 13.0 Å². The van der Waals surface area contributed by atoms with E-state index < -0.39 is 16.4 Å². The molecule has 3 aromatic rings. The van der Waals surface area contributed by atoms with Gasteiger partial charge in [0.05, 0.1) is 16.0 Å². The molecule has 0 aliphatic carbocycles. The van der Waals surface area contributed by atoms with Crippen molar-refractivity contribution in [1.82, 2.24) is 9.55 Å². The van der Waals surface area contributed by atoms with E-state index in [9.17, 15) is 14.5 Å². The first-order chi connectivity index (χ1) is 14.7. The van der Waals surface area contributed by atoms with Crippen molar-refractivity contribution in [2.75, 3.05) is 0 Å². The predicted octanol–water partition coefficient (Wildman–Crippen LogP) is 8.32. The van der Waals surface area contributed by atoms with Gasteiger partial charge in [-0.1, -0.05) is 73.4 Å². The molecule has 3 rings (SSSR count). The van der Waals surface area contributed by atoms with Crippen LogP contribution in [0.25, 0.3) is 11.0 Å². The van der Waals surface area contributed by atoms with Crippen molar-refractivity contribution in [3.05, 3.63) is 67.1 Å². The molecule has 5 nitrogen and oxygen atoms in total. The molecule has 1 aromatic heterocycles. The monoisotopic (exact) mass is 569 g/mol. The van der Waals surface area contributed by atoms with Crippen LogP contribution in [-0.4, -0.2) is 14.5 Å². The van der Waals surface area contributed by atoms with Gasteiger partial charge in [0.1, 0.15) is 5.82 Å². The number of aromatic nitrogens is 2. The van der Waals surface area contributed by atoms with Crippen LogP contribution >= 0.6 is 31.9 Å². The highest BCUT2D eigenvalue weighted by Gasteiger charge is 2.20. The maximum atomic E-state index is 12.6. The lowest BCUT2D eigenvalue weighted by atomic mass is 9.91. The number of fused-ring (bicyclic) bond motifs is 1. The fourth-order valence-electron chi connectivity index (χ4n) is 3.08.